The summed E-state index contributed by atoms with van der Waals surface area (Å²) in [6.45, 7) is 4.68. The number of ether oxygens (including phenoxy) is 1. The standard InChI is InChI=1S/C13H19N3O3/c1-9(2)8-19-11-6-4-5-10(7-11)12(17)15-16-13(18)14-3/h4-7,9H,8H2,1-3H3,(H,15,17)(H2,14,16,18). The highest BCUT2D eigenvalue weighted by Gasteiger charge is 2.07. The molecule has 3 amide bonds. The zero-order valence-electron chi connectivity index (χ0n) is 11.3. The van der Waals surface area contributed by atoms with Crippen LogP contribution in [0.25, 0.3) is 0 Å². The van der Waals surface area contributed by atoms with E-state index in [0.717, 1.165) is 0 Å². The van der Waals surface area contributed by atoms with E-state index in [2.05, 4.69) is 16.2 Å². The summed E-state index contributed by atoms with van der Waals surface area (Å²) >= 11 is 0. The first kappa shape index (κ1) is 14.8. The van der Waals surface area contributed by atoms with E-state index in [1.807, 2.05) is 13.8 Å². The average molecular weight is 265 g/mol. The van der Waals surface area contributed by atoms with Crippen molar-refractivity contribution >= 4 is 11.9 Å². The Labute approximate surface area is 112 Å². The molecule has 19 heavy (non-hydrogen) atoms. The molecular weight excluding hydrogens is 246 g/mol. The minimum absolute atomic E-state index is 0.404. The molecule has 0 aliphatic heterocycles. The smallest absolute Gasteiger partial charge is 0.333 e. The van der Waals surface area contributed by atoms with Crippen LogP contribution in [-0.4, -0.2) is 25.6 Å². The van der Waals surface area contributed by atoms with Gasteiger partial charge >= 0.3 is 6.03 Å². The fourth-order valence-electron chi connectivity index (χ4n) is 1.24. The maximum Gasteiger partial charge on any atom is 0.333 e. The summed E-state index contributed by atoms with van der Waals surface area (Å²) in [5, 5.41) is 2.33. The van der Waals surface area contributed by atoms with Crippen molar-refractivity contribution in [3.05, 3.63) is 29.8 Å². The van der Waals surface area contributed by atoms with Gasteiger partial charge in [0.25, 0.3) is 5.91 Å². The molecule has 104 valence electrons. The molecule has 0 fully saturated rings. The minimum Gasteiger partial charge on any atom is -0.493 e. The molecule has 1 rings (SSSR count). The third-order valence-corrected chi connectivity index (χ3v) is 2.20. The molecule has 0 saturated heterocycles. The first-order chi connectivity index (χ1) is 9.02. The summed E-state index contributed by atoms with van der Waals surface area (Å²) in [6, 6.07) is 6.29. The zero-order valence-corrected chi connectivity index (χ0v) is 11.3. The molecule has 0 radical (unpaired) electrons. The van der Waals surface area contributed by atoms with Gasteiger partial charge in [-0.2, -0.15) is 0 Å². The number of hydrogen-bond acceptors (Lipinski definition) is 3. The highest BCUT2D eigenvalue weighted by Crippen LogP contribution is 2.14. The number of hydrogen-bond donors (Lipinski definition) is 3. The largest absolute Gasteiger partial charge is 0.493 e. The second-order valence-electron chi connectivity index (χ2n) is 4.39. The normalized spacial score (nSPS) is 9.89. The summed E-state index contributed by atoms with van der Waals surface area (Å²) in [7, 11) is 1.46. The highest BCUT2D eigenvalue weighted by atomic mass is 16.5. The monoisotopic (exact) mass is 265 g/mol. The average Bonchev–Trinajstić information content (AvgIpc) is 2.42. The SMILES string of the molecule is CNC(=O)NNC(=O)c1cccc(OCC(C)C)c1. The van der Waals surface area contributed by atoms with Crippen molar-refractivity contribution in [1.29, 1.82) is 0 Å². The van der Waals surface area contributed by atoms with Crippen LogP contribution in [0.2, 0.25) is 0 Å². The quantitative estimate of drug-likeness (QED) is 0.718. The zero-order chi connectivity index (χ0) is 14.3. The van der Waals surface area contributed by atoms with E-state index >= 15 is 0 Å². The number of benzene rings is 1. The van der Waals surface area contributed by atoms with Crippen molar-refractivity contribution in [3.8, 4) is 5.75 Å². The maximum atomic E-state index is 11.7. The Bertz CT molecular complexity index is 447. The Morgan fingerprint density at radius 1 is 1.26 bits per heavy atom. The lowest BCUT2D eigenvalue weighted by Crippen LogP contribution is -2.45. The van der Waals surface area contributed by atoms with Gasteiger partial charge in [0.1, 0.15) is 5.75 Å². The first-order valence-corrected chi connectivity index (χ1v) is 6.04. The molecule has 1 aromatic carbocycles. The Morgan fingerprint density at radius 2 is 2.00 bits per heavy atom. The second-order valence-corrected chi connectivity index (χ2v) is 4.39. The van der Waals surface area contributed by atoms with Gasteiger partial charge in [-0.15, -0.1) is 0 Å². The van der Waals surface area contributed by atoms with E-state index in [9.17, 15) is 9.59 Å². The molecule has 0 saturated carbocycles. The van der Waals surface area contributed by atoms with Gasteiger partial charge in [0.15, 0.2) is 0 Å². The Morgan fingerprint density at radius 3 is 2.63 bits per heavy atom. The lowest BCUT2D eigenvalue weighted by molar-refractivity contribution is 0.0936. The molecule has 0 atom stereocenters. The topological polar surface area (TPSA) is 79.5 Å². The lowest BCUT2D eigenvalue weighted by atomic mass is 10.2. The molecule has 6 nitrogen and oxygen atoms in total. The number of carbonyl (C=O) groups is 2. The van der Waals surface area contributed by atoms with Gasteiger partial charge in [0, 0.05) is 12.6 Å². The number of urea groups is 1. The van der Waals surface area contributed by atoms with E-state index in [-0.39, 0.29) is 0 Å². The summed E-state index contributed by atoms with van der Waals surface area (Å²) in [6.07, 6.45) is 0. The van der Waals surface area contributed by atoms with Gasteiger partial charge in [-0.05, 0) is 24.1 Å². The van der Waals surface area contributed by atoms with Crippen LogP contribution in [0.4, 0.5) is 4.79 Å². The predicted octanol–water partition coefficient (Wildman–Crippen LogP) is 1.30. The molecule has 1 aromatic rings. The van der Waals surface area contributed by atoms with E-state index in [1.165, 1.54) is 7.05 Å². The van der Waals surface area contributed by atoms with Crippen molar-refractivity contribution in [2.24, 2.45) is 5.92 Å². The Kier molecular flexibility index (Phi) is 5.66. The summed E-state index contributed by atoms with van der Waals surface area (Å²) in [4.78, 5) is 22.7. The van der Waals surface area contributed by atoms with E-state index in [0.29, 0.717) is 23.8 Å². The van der Waals surface area contributed by atoms with Crippen molar-refractivity contribution in [1.82, 2.24) is 16.2 Å². The number of rotatable bonds is 4. The van der Waals surface area contributed by atoms with Crippen molar-refractivity contribution in [2.45, 2.75) is 13.8 Å². The minimum atomic E-state index is -0.486. The molecular formula is C13H19N3O3. The number of hydrazine groups is 1. The summed E-state index contributed by atoms with van der Waals surface area (Å²) in [5.74, 6) is 0.632. The molecule has 0 spiro atoms. The van der Waals surface area contributed by atoms with Gasteiger partial charge < -0.3 is 10.1 Å². The third-order valence-electron chi connectivity index (χ3n) is 2.20. The molecule has 0 unspecified atom stereocenters. The molecule has 6 heteroatoms. The van der Waals surface area contributed by atoms with Crippen LogP contribution in [0.15, 0.2) is 24.3 Å². The Hall–Kier alpha value is -2.24. The molecule has 0 aliphatic carbocycles. The van der Waals surface area contributed by atoms with Gasteiger partial charge in [-0.1, -0.05) is 19.9 Å². The second kappa shape index (κ2) is 7.25. The summed E-state index contributed by atoms with van der Waals surface area (Å²) in [5.41, 5.74) is 4.91. The van der Waals surface area contributed by atoms with Crippen molar-refractivity contribution in [2.75, 3.05) is 13.7 Å². The van der Waals surface area contributed by atoms with E-state index in [1.54, 1.807) is 24.3 Å². The van der Waals surface area contributed by atoms with E-state index < -0.39 is 11.9 Å². The Balaban J connectivity index is 2.60. The molecule has 0 heterocycles. The number of amides is 3. The molecule has 0 bridgehead atoms. The van der Waals surface area contributed by atoms with Crippen LogP contribution in [0.5, 0.6) is 5.75 Å². The van der Waals surface area contributed by atoms with Gasteiger partial charge in [0.2, 0.25) is 0 Å². The summed E-state index contributed by atoms with van der Waals surface area (Å²) < 4.78 is 5.53. The van der Waals surface area contributed by atoms with Crippen LogP contribution in [-0.2, 0) is 0 Å². The van der Waals surface area contributed by atoms with Crippen LogP contribution in [0, 0.1) is 5.92 Å². The maximum absolute atomic E-state index is 11.7. The van der Waals surface area contributed by atoms with Gasteiger partial charge in [-0.3, -0.25) is 10.2 Å². The number of carbonyl (C=O) groups excluding carboxylic acids is 2. The van der Waals surface area contributed by atoms with Crippen molar-refractivity contribution < 1.29 is 14.3 Å². The van der Waals surface area contributed by atoms with Crippen LogP contribution >= 0.6 is 0 Å². The molecule has 0 aromatic heterocycles. The molecule has 0 aliphatic rings. The van der Waals surface area contributed by atoms with Gasteiger partial charge in [-0.25, -0.2) is 10.2 Å². The van der Waals surface area contributed by atoms with Crippen LogP contribution in [0.3, 0.4) is 0 Å². The predicted molar refractivity (Wildman–Crippen MR) is 71.8 cm³/mol. The molecule has 3 N–H and O–H groups in total. The van der Waals surface area contributed by atoms with Gasteiger partial charge in [0.05, 0.1) is 6.61 Å². The van der Waals surface area contributed by atoms with Crippen LogP contribution < -0.4 is 20.9 Å². The van der Waals surface area contributed by atoms with Crippen molar-refractivity contribution in [3.63, 3.8) is 0 Å². The fraction of sp³-hybridized carbons (Fsp3) is 0.385. The van der Waals surface area contributed by atoms with Crippen LogP contribution in [0.1, 0.15) is 24.2 Å². The highest BCUT2D eigenvalue weighted by molar-refractivity contribution is 5.95. The van der Waals surface area contributed by atoms with E-state index in [4.69, 9.17) is 4.74 Å². The third kappa shape index (κ3) is 5.29. The number of nitrogens with one attached hydrogen (secondary N) is 3. The lowest BCUT2D eigenvalue weighted by Gasteiger charge is -2.10. The first-order valence-electron chi connectivity index (χ1n) is 6.04. The fourth-order valence-corrected chi connectivity index (χ4v) is 1.24.